The van der Waals surface area contributed by atoms with Crippen molar-refractivity contribution in [3.63, 3.8) is 0 Å². The Morgan fingerprint density at radius 1 is 1.14 bits per heavy atom. The molecule has 0 radical (unpaired) electrons. The van der Waals surface area contributed by atoms with E-state index in [-0.39, 0.29) is 13.2 Å². The van der Waals surface area contributed by atoms with E-state index in [1.165, 1.54) is 11.3 Å². The average molecular weight is 417 g/mol. The third kappa shape index (κ3) is 5.35. The number of hydrogen-bond donors (Lipinski definition) is 1. The molecule has 0 bridgehead atoms. The van der Waals surface area contributed by atoms with E-state index < -0.39 is 24.5 Å². The van der Waals surface area contributed by atoms with Crippen LogP contribution in [0.25, 0.3) is 0 Å². The first-order valence-electron chi connectivity index (χ1n) is 9.44. The predicted molar refractivity (Wildman–Crippen MR) is 109 cm³/mol. The van der Waals surface area contributed by atoms with Crippen LogP contribution in [0.5, 0.6) is 5.75 Å². The maximum atomic E-state index is 12.3. The molecule has 2 aromatic rings. The lowest BCUT2D eigenvalue weighted by Crippen LogP contribution is -2.24. The highest BCUT2D eigenvalue weighted by Crippen LogP contribution is 2.39. The Morgan fingerprint density at radius 2 is 1.97 bits per heavy atom. The first-order valence-corrected chi connectivity index (χ1v) is 10.3. The third-order valence-corrected chi connectivity index (χ3v) is 5.57. The lowest BCUT2D eigenvalue weighted by molar-refractivity contribution is -0.149. The third-order valence-electron chi connectivity index (χ3n) is 4.36. The molecule has 8 heteroatoms. The summed E-state index contributed by atoms with van der Waals surface area (Å²) in [7, 11) is 0. The van der Waals surface area contributed by atoms with Crippen molar-refractivity contribution in [2.24, 2.45) is 0 Å². The van der Waals surface area contributed by atoms with Crippen LogP contribution < -0.4 is 10.1 Å². The van der Waals surface area contributed by atoms with Crippen LogP contribution in [0.1, 0.15) is 39.7 Å². The first-order chi connectivity index (χ1) is 14.0. The SMILES string of the molecule is CCOC(=O)c1c(NC(=O)COC(=O)COc2cccc(C)c2)sc2c1CCC2. The van der Waals surface area contributed by atoms with Gasteiger partial charge in [0.15, 0.2) is 13.2 Å². The number of benzene rings is 1. The standard InChI is InChI=1S/C21H23NO6S/c1-3-26-21(25)19-15-8-5-9-16(15)29-20(19)22-17(23)11-28-18(24)12-27-14-7-4-6-13(2)10-14/h4,6-7,10H,3,5,8-9,11-12H2,1-2H3,(H,22,23). The van der Waals surface area contributed by atoms with Crippen molar-refractivity contribution in [1.29, 1.82) is 0 Å². The van der Waals surface area contributed by atoms with Gasteiger partial charge in [-0.15, -0.1) is 11.3 Å². The Labute approximate surface area is 173 Å². The number of hydrogen-bond acceptors (Lipinski definition) is 7. The molecule has 1 aromatic carbocycles. The van der Waals surface area contributed by atoms with Crippen molar-refractivity contribution < 1.29 is 28.6 Å². The van der Waals surface area contributed by atoms with Gasteiger partial charge in [0.2, 0.25) is 0 Å². The largest absolute Gasteiger partial charge is 0.482 e. The van der Waals surface area contributed by atoms with Crippen LogP contribution in [0, 0.1) is 6.92 Å². The van der Waals surface area contributed by atoms with E-state index >= 15 is 0 Å². The second-order valence-electron chi connectivity index (χ2n) is 6.60. The molecule has 0 spiro atoms. The maximum Gasteiger partial charge on any atom is 0.344 e. The number of amides is 1. The number of esters is 2. The Kier molecular flexibility index (Phi) is 6.87. The lowest BCUT2D eigenvalue weighted by atomic mass is 10.1. The molecule has 0 saturated heterocycles. The predicted octanol–water partition coefficient (Wildman–Crippen LogP) is 3.28. The van der Waals surface area contributed by atoms with E-state index in [2.05, 4.69) is 5.32 Å². The van der Waals surface area contributed by atoms with Crippen LogP contribution in [0.3, 0.4) is 0 Å². The zero-order chi connectivity index (χ0) is 20.8. The Morgan fingerprint density at radius 3 is 2.72 bits per heavy atom. The van der Waals surface area contributed by atoms with Crippen molar-refractivity contribution in [2.45, 2.75) is 33.1 Å². The summed E-state index contributed by atoms with van der Waals surface area (Å²) in [5.41, 5.74) is 2.38. The number of thiophene rings is 1. The Balaban J connectivity index is 1.53. The van der Waals surface area contributed by atoms with Crippen molar-refractivity contribution in [3.8, 4) is 5.75 Å². The van der Waals surface area contributed by atoms with Gasteiger partial charge in [-0.05, 0) is 56.4 Å². The Bertz CT molecular complexity index is 920. The molecule has 0 atom stereocenters. The minimum Gasteiger partial charge on any atom is -0.482 e. The van der Waals surface area contributed by atoms with E-state index in [4.69, 9.17) is 14.2 Å². The van der Waals surface area contributed by atoms with Crippen molar-refractivity contribution in [3.05, 3.63) is 45.8 Å². The molecular formula is C21H23NO6S. The smallest absolute Gasteiger partial charge is 0.344 e. The molecule has 1 heterocycles. The van der Waals surface area contributed by atoms with Crippen molar-refractivity contribution in [1.82, 2.24) is 0 Å². The maximum absolute atomic E-state index is 12.3. The average Bonchev–Trinajstić information content (AvgIpc) is 3.25. The number of nitrogens with one attached hydrogen (secondary N) is 1. The second kappa shape index (κ2) is 9.56. The number of aryl methyl sites for hydroxylation is 2. The molecule has 0 aliphatic heterocycles. The van der Waals surface area contributed by atoms with E-state index in [1.54, 1.807) is 19.1 Å². The van der Waals surface area contributed by atoms with Crippen LogP contribution in [0.4, 0.5) is 5.00 Å². The van der Waals surface area contributed by atoms with Crippen LogP contribution in [0.15, 0.2) is 24.3 Å². The Hall–Kier alpha value is -2.87. The summed E-state index contributed by atoms with van der Waals surface area (Å²) in [4.78, 5) is 37.5. The first kappa shape index (κ1) is 20.9. The highest BCUT2D eigenvalue weighted by molar-refractivity contribution is 7.17. The van der Waals surface area contributed by atoms with Gasteiger partial charge in [-0.2, -0.15) is 0 Å². The molecule has 1 aliphatic rings. The van der Waals surface area contributed by atoms with Gasteiger partial charge >= 0.3 is 11.9 Å². The summed E-state index contributed by atoms with van der Waals surface area (Å²) in [6.45, 7) is 3.16. The highest BCUT2D eigenvalue weighted by atomic mass is 32.1. The van der Waals surface area contributed by atoms with Gasteiger partial charge in [0.1, 0.15) is 10.8 Å². The lowest BCUT2D eigenvalue weighted by Gasteiger charge is -2.09. The monoisotopic (exact) mass is 417 g/mol. The number of carbonyl (C=O) groups excluding carboxylic acids is 3. The van der Waals surface area contributed by atoms with Gasteiger partial charge in [-0.25, -0.2) is 9.59 Å². The molecule has 1 aromatic heterocycles. The minimum atomic E-state index is -0.652. The van der Waals surface area contributed by atoms with Gasteiger partial charge in [0.05, 0.1) is 12.2 Å². The molecule has 0 unspecified atom stereocenters. The summed E-state index contributed by atoms with van der Waals surface area (Å²) < 4.78 is 15.4. The zero-order valence-corrected chi connectivity index (χ0v) is 17.2. The van der Waals surface area contributed by atoms with Crippen LogP contribution in [0.2, 0.25) is 0 Å². The van der Waals surface area contributed by atoms with Gasteiger partial charge < -0.3 is 19.5 Å². The molecule has 29 heavy (non-hydrogen) atoms. The van der Waals surface area contributed by atoms with E-state index in [9.17, 15) is 14.4 Å². The molecule has 1 aliphatic carbocycles. The quantitative estimate of drug-likeness (QED) is 0.663. The van der Waals surface area contributed by atoms with Gasteiger partial charge in [-0.1, -0.05) is 12.1 Å². The number of carbonyl (C=O) groups is 3. The fourth-order valence-corrected chi connectivity index (χ4v) is 4.40. The van der Waals surface area contributed by atoms with E-state index in [1.807, 2.05) is 19.1 Å². The second-order valence-corrected chi connectivity index (χ2v) is 7.70. The molecule has 1 amide bonds. The van der Waals surface area contributed by atoms with Gasteiger partial charge in [0.25, 0.3) is 5.91 Å². The zero-order valence-electron chi connectivity index (χ0n) is 16.4. The van der Waals surface area contributed by atoms with Crippen LogP contribution in [-0.4, -0.2) is 37.7 Å². The summed E-state index contributed by atoms with van der Waals surface area (Å²) in [5.74, 6) is -1.05. The summed E-state index contributed by atoms with van der Waals surface area (Å²) in [5, 5.41) is 3.13. The van der Waals surface area contributed by atoms with Crippen molar-refractivity contribution in [2.75, 3.05) is 25.1 Å². The summed E-state index contributed by atoms with van der Waals surface area (Å²) >= 11 is 1.38. The molecule has 7 nitrogen and oxygen atoms in total. The topological polar surface area (TPSA) is 90.9 Å². The van der Waals surface area contributed by atoms with E-state index in [0.29, 0.717) is 16.3 Å². The summed E-state index contributed by atoms with van der Waals surface area (Å²) in [6, 6.07) is 7.27. The van der Waals surface area contributed by atoms with Gasteiger partial charge in [0, 0.05) is 4.88 Å². The molecule has 3 rings (SSSR count). The number of anilines is 1. The van der Waals surface area contributed by atoms with Crippen molar-refractivity contribution >= 4 is 34.2 Å². The molecule has 154 valence electrons. The fraction of sp³-hybridized carbons (Fsp3) is 0.381. The van der Waals surface area contributed by atoms with Crippen LogP contribution in [-0.2, 0) is 31.9 Å². The summed E-state index contributed by atoms with van der Waals surface area (Å²) in [6.07, 6.45) is 2.66. The molecule has 1 N–H and O–H groups in total. The van der Waals surface area contributed by atoms with Gasteiger partial charge in [-0.3, -0.25) is 4.79 Å². The fourth-order valence-electron chi connectivity index (χ4n) is 3.11. The molecule has 0 fully saturated rings. The molecular weight excluding hydrogens is 394 g/mol. The normalized spacial score (nSPS) is 12.2. The minimum absolute atomic E-state index is 0.259. The number of ether oxygens (including phenoxy) is 3. The molecule has 0 saturated carbocycles. The number of rotatable bonds is 8. The number of fused-ring (bicyclic) bond motifs is 1. The van der Waals surface area contributed by atoms with Crippen LogP contribution >= 0.6 is 11.3 Å². The highest BCUT2D eigenvalue weighted by Gasteiger charge is 2.28. The van der Waals surface area contributed by atoms with E-state index in [0.717, 1.165) is 35.3 Å².